The number of benzene rings is 2. The van der Waals surface area contributed by atoms with Crippen LogP contribution in [0.2, 0.25) is 5.15 Å². The van der Waals surface area contributed by atoms with Gasteiger partial charge in [-0.15, -0.1) is 0 Å². The molecule has 378 valence electrons. The SMILES string of the molecule is CN(C(=O)CCc1ccc(-c2ccc(CCCCNC(=N)NC(=O)c3nc(Cl)c(N)nc3N)cc2)cc1)[C@@H](CCCCN(C[C@H](O)[C@@H](O)[C@H](O)[C@H](O)CO)C[C@H](O)[C@@H](O)[C@H](O)[C@H](O)CO)C(N)=O. The first-order valence-electron chi connectivity index (χ1n) is 22.0. The number of unbranched alkanes of at least 4 members (excludes halogenated alkanes) is 2. The average molecular weight is 980 g/mol. The van der Waals surface area contributed by atoms with Gasteiger partial charge in [0, 0.05) is 33.1 Å². The number of hydrogen-bond donors (Lipinski definition) is 16. The third-order valence-electron chi connectivity index (χ3n) is 11.4. The molecule has 9 atom stereocenters. The number of aromatic nitrogens is 2. The highest BCUT2D eigenvalue weighted by Gasteiger charge is 2.34. The lowest BCUT2D eigenvalue weighted by Gasteiger charge is -2.33. The van der Waals surface area contributed by atoms with Gasteiger partial charge in [-0.3, -0.25) is 30.0 Å². The number of aliphatic hydroxyl groups excluding tert-OH is 10. The molecule has 24 heteroatoms. The van der Waals surface area contributed by atoms with Crippen LogP contribution in [0.4, 0.5) is 11.6 Å². The molecule has 2 aromatic carbocycles. The molecule has 0 saturated heterocycles. The highest BCUT2D eigenvalue weighted by atomic mass is 35.5. The van der Waals surface area contributed by atoms with Crippen LogP contribution in [-0.2, 0) is 22.4 Å². The highest BCUT2D eigenvalue weighted by molar-refractivity contribution is 6.31. The number of guanidine groups is 1. The maximum Gasteiger partial charge on any atom is 0.280 e. The Hall–Kier alpha value is -5.15. The first-order chi connectivity index (χ1) is 32.2. The van der Waals surface area contributed by atoms with Crippen LogP contribution >= 0.6 is 11.6 Å². The van der Waals surface area contributed by atoms with Crippen LogP contribution in [0.5, 0.6) is 0 Å². The molecule has 23 nitrogen and oxygen atoms in total. The van der Waals surface area contributed by atoms with Crippen molar-refractivity contribution >= 4 is 46.9 Å². The van der Waals surface area contributed by atoms with Crippen LogP contribution in [0, 0.1) is 5.41 Å². The van der Waals surface area contributed by atoms with E-state index in [1.807, 2.05) is 48.5 Å². The molecule has 3 amide bonds. The van der Waals surface area contributed by atoms with Crippen molar-refractivity contribution < 1.29 is 65.4 Å². The average Bonchev–Trinajstić information content (AvgIpc) is 3.32. The lowest BCUT2D eigenvalue weighted by molar-refractivity contribution is -0.138. The lowest BCUT2D eigenvalue weighted by Crippen LogP contribution is -2.53. The quantitative estimate of drug-likeness (QED) is 0.0185. The van der Waals surface area contributed by atoms with Gasteiger partial charge in [-0.2, -0.15) is 0 Å². The predicted molar refractivity (Wildman–Crippen MR) is 250 cm³/mol. The Morgan fingerprint density at radius 3 is 1.71 bits per heavy atom. The minimum atomic E-state index is -1.94. The molecular weight excluding hydrogens is 912 g/mol. The summed E-state index contributed by atoms with van der Waals surface area (Å²) >= 11 is 5.82. The summed E-state index contributed by atoms with van der Waals surface area (Å²) < 4.78 is 0. The molecule has 0 spiro atoms. The molecule has 0 bridgehead atoms. The van der Waals surface area contributed by atoms with E-state index in [9.17, 15) is 55.2 Å². The summed E-state index contributed by atoms with van der Waals surface area (Å²) in [6, 6.07) is 14.9. The molecule has 0 saturated carbocycles. The second kappa shape index (κ2) is 28.4. The zero-order valence-electron chi connectivity index (χ0n) is 37.8. The van der Waals surface area contributed by atoms with Crippen molar-refractivity contribution in [2.75, 3.05) is 57.9 Å². The number of hydrogen-bond acceptors (Lipinski definition) is 19. The molecular formula is C44H67ClN10O13. The molecule has 1 heterocycles. The number of rotatable bonds is 29. The van der Waals surface area contributed by atoms with Crippen molar-refractivity contribution in [3.05, 3.63) is 70.5 Å². The molecule has 68 heavy (non-hydrogen) atoms. The summed E-state index contributed by atoms with van der Waals surface area (Å²) in [6.45, 7) is -2.21. The zero-order valence-corrected chi connectivity index (χ0v) is 38.6. The Balaban J connectivity index is 1.46. The standard InChI is InChI=1S/C44H67ClN10O13/c1-54(28(42(48)67)7-3-5-19-55(20-29(58)35(63)37(65)31(60)22-56)21-30(59)36(64)38(66)32(61)23-57)33(62)17-12-25-10-15-27(16-11-25)26-13-8-24(9-14-26)6-2-4-18-50-44(49)53-43(68)34-40(46)52-41(47)39(45)51-34/h8-11,13-16,28-32,35-38,56-61,63-66H,2-7,12,17-23H2,1H3,(H2,48,67)(H4,46,47,52)(H3,49,50,53,68)/t28-,29-,30-,31+,32+,35+,36+,37+,38+/m0/s1. The van der Waals surface area contributed by atoms with E-state index in [1.165, 1.54) is 16.8 Å². The molecule has 0 radical (unpaired) electrons. The van der Waals surface area contributed by atoms with Crippen LogP contribution in [-0.4, -0.2) is 196 Å². The van der Waals surface area contributed by atoms with Gasteiger partial charge in [0.05, 0.1) is 25.4 Å². The van der Waals surface area contributed by atoms with Gasteiger partial charge in [0.25, 0.3) is 5.91 Å². The van der Waals surface area contributed by atoms with Gasteiger partial charge in [0.1, 0.15) is 42.7 Å². The second-order valence-corrected chi connectivity index (χ2v) is 16.9. The third-order valence-corrected chi connectivity index (χ3v) is 11.6. The van der Waals surface area contributed by atoms with Gasteiger partial charge in [0.15, 0.2) is 28.4 Å². The van der Waals surface area contributed by atoms with Crippen LogP contribution in [0.15, 0.2) is 48.5 Å². The third kappa shape index (κ3) is 17.7. The number of aryl methyl sites for hydroxylation is 2. The minimum absolute atomic E-state index is 0.0450. The number of likely N-dealkylation sites (N-methyl/N-ethyl adjacent to an activating group) is 1. The molecule has 0 aliphatic carbocycles. The number of aliphatic hydroxyl groups is 10. The van der Waals surface area contributed by atoms with Gasteiger partial charge in [0.2, 0.25) is 11.8 Å². The summed E-state index contributed by atoms with van der Waals surface area (Å²) in [5.41, 5.74) is 20.7. The number of carbonyl (C=O) groups is 3. The fourth-order valence-corrected chi connectivity index (χ4v) is 7.28. The molecule has 0 aliphatic rings. The number of primary amides is 1. The number of halogens is 1. The molecule has 0 fully saturated rings. The van der Waals surface area contributed by atoms with Crippen molar-refractivity contribution in [1.82, 2.24) is 30.4 Å². The summed E-state index contributed by atoms with van der Waals surface area (Å²) in [7, 11) is 1.48. The van der Waals surface area contributed by atoms with Crippen molar-refractivity contribution in [2.45, 2.75) is 106 Å². The molecule has 19 N–H and O–H groups in total. The summed E-state index contributed by atoms with van der Waals surface area (Å²) in [5, 5.41) is 113. The number of nitrogen functional groups attached to an aromatic ring is 2. The molecule has 0 unspecified atom stereocenters. The van der Waals surface area contributed by atoms with E-state index >= 15 is 0 Å². The highest BCUT2D eigenvalue weighted by Crippen LogP contribution is 2.23. The normalized spacial score (nSPS) is 15.6. The van der Waals surface area contributed by atoms with Gasteiger partial charge in [-0.1, -0.05) is 60.1 Å². The van der Waals surface area contributed by atoms with Crippen molar-refractivity contribution in [2.24, 2.45) is 5.73 Å². The van der Waals surface area contributed by atoms with E-state index in [4.69, 9.17) is 44.4 Å². The summed E-state index contributed by atoms with van der Waals surface area (Å²) in [4.78, 5) is 48.4. The first-order valence-corrected chi connectivity index (χ1v) is 22.4. The van der Waals surface area contributed by atoms with Gasteiger partial charge in [-0.05, 0) is 73.7 Å². The minimum Gasteiger partial charge on any atom is -0.394 e. The fourth-order valence-electron chi connectivity index (χ4n) is 7.15. The van der Waals surface area contributed by atoms with Gasteiger partial charge >= 0.3 is 0 Å². The van der Waals surface area contributed by atoms with Crippen molar-refractivity contribution in [3.8, 4) is 11.1 Å². The Labute approximate surface area is 398 Å². The van der Waals surface area contributed by atoms with E-state index in [0.29, 0.717) is 19.4 Å². The fraction of sp³-hybridized carbons (Fsp3) is 0.545. The Morgan fingerprint density at radius 2 is 1.21 bits per heavy atom. The molecule has 1 aromatic heterocycles. The number of anilines is 2. The van der Waals surface area contributed by atoms with E-state index in [1.54, 1.807) is 0 Å². The smallest absolute Gasteiger partial charge is 0.280 e. The van der Waals surface area contributed by atoms with Crippen LogP contribution in [0.1, 0.15) is 60.1 Å². The Bertz CT molecular complexity index is 2030. The van der Waals surface area contributed by atoms with Crippen LogP contribution in [0.3, 0.4) is 0 Å². The van der Waals surface area contributed by atoms with Gasteiger partial charge < -0.3 is 78.5 Å². The Morgan fingerprint density at radius 1 is 0.706 bits per heavy atom. The largest absolute Gasteiger partial charge is 0.394 e. The number of amides is 3. The lowest BCUT2D eigenvalue weighted by atomic mass is 9.99. The second-order valence-electron chi connectivity index (χ2n) is 16.5. The molecule has 3 aromatic rings. The van der Waals surface area contributed by atoms with Crippen LogP contribution in [0.25, 0.3) is 11.1 Å². The summed E-state index contributed by atoms with van der Waals surface area (Å²) in [6.07, 6.45) is -11.2. The van der Waals surface area contributed by atoms with E-state index in [2.05, 4.69) is 20.6 Å². The van der Waals surface area contributed by atoms with E-state index in [-0.39, 0.29) is 60.2 Å². The van der Waals surface area contributed by atoms with Crippen molar-refractivity contribution in [3.63, 3.8) is 0 Å². The van der Waals surface area contributed by atoms with E-state index in [0.717, 1.165) is 41.5 Å². The number of carbonyl (C=O) groups excluding carboxylic acids is 3. The zero-order chi connectivity index (χ0) is 50.7. The molecule has 3 rings (SSSR count). The maximum absolute atomic E-state index is 13.3. The van der Waals surface area contributed by atoms with E-state index < -0.39 is 93.0 Å². The Kier molecular flexibility index (Phi) is 23.8. The topological polar surface area (TPSA) is 412 Å². The first kappa shape index (κ1) is 57.2. The number of nitrogens with one attached hydrogen (secondary N) is 3. The van der Waals surface area contributed by atoms with Gasteiger partial charge in [-0.25, -0.2) is 9.97 Å². The van der Waals surface area contributed by atoms with Crippen LogP contribution < -0.4 is 27.8 Å². The summed E-state index contributed by atoms with van der Waals surface area (Å²) in [5.74, 6) is -2.34. The van der Waals surface area contributed by atoms with Crippen molar-refractivity contribution in [1.29, 1.82) is 5.41 Å². The maximum atomic E-state index is 13.3. The predicted octanol–water partition coefficient (Wildman–Crippen LogP) is -3.17. The number of nitrogens with two attached hydrogens (primary N) is 3. The molecule has 0 aliphatic heterocycles. The monoisotopic (exact) mass is 978 g/mol. The number of nitrogens with zero attached hydrogens (tertiary/aromatic N) is 4.